The molecule has 1 atom stereocenters. The molecule has 15 heavy (non-hydrogen) atoms. The lowest BCUT2D eigenvalue weighted by atomic mass is 9.79. The minimum absolute atomic E-state index is 0.146. The fourth-order valence-corrected chi connectivity index (χ4v) is 1.77. The number of halogens is 1. The largest absolute Gasteiger partial charge is 0.256 e. The Hall–Kier alpha value is -0.630. The summed E-state index contributed by atoms with van der Waals surface area (Å²) in [4.78, 5) is 8.48. The fourth-order valence-electron chi connectivity index (χ4n) is 1.68. The zero-order chi connectivity index (χ0) is 11.3. The lowest BCUT2D eigenvalue weighted by Crippen LogP contribution is -2.22. The van der Waals surface area contributed by atoms with Crippen LogP contribution in [0.3, 0.4) is 0 Å². The molecule has 0 aliphatic rings. The van der Waals surface area contributed by atoms with Gasteiger partial charge in [0, 0.05) is 5.41 Å². The van der Waals surface area contributed by atoms with E-state index in [1.165, 1.54) is 12.8 Å². The van der Waals surface area contributed by atoms with Crippen molar-refractivity contribution < 1.29 is 0 Å². The number of aromatic nitrogens is 2. The van der Waals surface area contributed by atoms with Crippen molar-refractivity contribution in [3.8, 4) is 0 Å². The summed E-state index contributed by atoms with van der Waals surface area (Å²) in [6.45, 7) is 6.66. The van der Waals surface area contributed by atoms with Crippen molar-refractivity contribution in [2.24, 2.45) is 0 Å². The lowest BCUT2D eigenvalue weighted by Gasteiger charge is -2.27. The van der Waals surface area contributed by atoms with E-state index in [9.17, 15) is 0 Å². The first kappa shape index (κ1) is 12.4. The van der Waals surface area contributed by atoms with Crippen molar-refractivity contribution in [1.82, 2.24) is 9.97 Å². The molecular formula is C12H19ClN2. The van der Waals surface area contributed by atoms with Crippen molar-refractivity contribution >= 4 is 11.6 Å². The van der Waals surface area contributed by atoms with E-state index in [-0.39, 0.29) is 5.41 Å². The van der Waals surface area contributed by atoms with Crippen molar-refractivity contribution in [2.75, 3.05) is 0 Å². The molecule has 0 fully saturated rings. The van der Waals surface area contributed by atoms with E-state index in [1.54, 1.807) is 6.20 Å². The molecule has 1 aromatic rings. The number of rotatable bonds is 5. The first-order chi connectivity index (χ1) is 7.12. The monoisotopic (exact) mass is 226 g/mol. The van der Waals surface area contributed by atoms with Gasteiger partial charge in [-0.1, -0.05) is 45.2 Å². The summed E-state index contributed by atoms with van der Waals surface area (Å²) in [5.41, 5.74) is 1.20. The molecule has 1 heterocycles. The Morgan fingerprint density at radius 3 is 2.47 bits per heavy atom. The van der Waals surface area contributed by atoms with E-state index in [0.717, 1.165) is 18.5 Å². The maximum absolute atomic E-state index is 5.74. The summed E-state index contributed by atoms with van der Waals surface area (Å²) in [5.74, 6) is 0. The van der Waals surface area contributed by atoms with Gasteiger partial charge in [-0.05, 0) is 12.8 Å². The number of hydrogen-bond acceptors (Lipinski definition) is 2. The van der Waals surface area contributed by atoms with Gasteiger partial charge in [0.2, 0.25) is 0 Å². The van der Waals surface area contributed by atoms with E-state index >= 15 is 0 Å². The summed E-state index contributed by atoms with van der Waals surface area (Å²) in [6, 6.07) is 0. The quantitative estimate of drug-likeness (QED) is 0.759. The molecule has 0 radical (unpaired) electrons. The summed E-state index contributed by atoms with van der Waals surface area (Å²) in [7, 11) is 0. The van der Waals surface area contributed by atoms with Gasteiger partial charge in [0.05, 0.1) is 18.1 Å². The van der Waals surface area contributed by atoms with E-state index < -0.39 is 0 Å². The number of hydrogen-bond donors (Lipinski definition) is 0. The summed E-state index contributed by atoms with van der Waals surface area (Å²) in [5, 5.41) is 0.465. The second kappa shape index (κ2) is 5.45. The third-order valence-corrected chi connectivity index (χ3v) is 3.30. The van der Waals surface area contributed by atoms with Crippen LogP contribution >= 0.6 is 11.6 Å². The maximum atomic E-state index is 5.74. The van der Waals surface area contributed by atoms with Crippen LogP contribution in [0.15, 0.2) is 12.4 Å². The van der Waals surface area contributed by atoms with Gasteiger partial charge in [-0.15, -0.1) is 0 Å². The topological polar surface area (TPSA) is 25.8 Å². The van der Waals surface area contributed by atoms with Crippen LogP contribution in [0.25, 0.3) is 0 Å². The fraction of sp³-hybridized carbons (Fsp3) is 0.667. The normalized spacial score (nSPS) is 14.9. The zero-order valence-corrected chi connectivity index (χ0v) is 10.5. The molecule has 0 aliphatic carbocycles. The number of nitrogens with zero attached hydrogens (tertiary/aromatic N) is 2. The molecule has 0 bridgehead atoms. The van der Waals surface area contributed by atoms with Crippen LogP contribution in [0.2, 0.25) is 5.15 Å². The Balaban J connectivity index is 2.85. The van der Waals surface area contributed by atoms with Crippen LogP contribution in [0.1, 0.15) is 52.1 Å². The van der Waals surface area contributed by atoms with Crippen LogP contribution in [-0.2, 0) is 5.41 Å². The molecule has 0 aliphatic heterocycles. The highest BCUT2D eigenvalue weighted by Gasteiger charge is 2.25. The second-order valence-electron chi connectivity index (χ2n) is 4.24. The molecule has 1 unspecified atom stereocenters. The average Bonchev–Trinajstić information content (AvgIpc) is 2.27. The van der Waals surface area contributed by atoms with Crippen molar-refractivity contribution in [2.45, 2.75) is 51.9 Å². The van der Waals surface area contributed by atoms with Gasteiger partial charge < -0.3 is 0 Å². The SMILES string of the molecule is CCCCC(C)(CC)c1cnc(Cl)cn1. The third kappa shape index (κ3) is 3.16. The highest BCUT2D eigenvalue weighted by Crippen LogP contribution is 2.31. The minimum Gasteiger partial charge on any atom is -0.256 e. The van der Waals surface area contributed by atoms with E-state index in [1.807, 2.05) is 6.20 Å². The molecule has 1 rings (SSSR count). The van der Waals surface area contributed by atoms with Crippen LogP contribution in [0.5, 0.6) is 0 Å². The van der Waals surface area contributed by atoms with Gasteiger partial charge in [-0.3, -0.25) is 4.98 Å². The first-order valence-corrected chi connectivity index (χ1v) is 5.98. The van der Waals surface area contributed by atoms with Gasteiger partial charge in [-0.25, -0.2) is 4.98 Å². The van der Waals surface area contributed by atoms with E-state index in [2.05, 4.69) is 30.7 Å². The van der Waals surface area contributed by atoms with Crippen LogP contribution in [-0.4, -0.2) is 9.97 Å². The van der Waals surface area contributed by atoms with E-state index in [4.69, 9.17) is 11.6 Å². The van der Waals surface area contributed by atoms with Crippen LogP contribution in [0, 0.1) is 0 Å². The smallest absolute Gasteiger partial charge is 0.147 e. The second-order valence-corrected chi connectivity index (χ2v) is 4.63. The average molecular weight is 227 g/mol. The van der Waals surface area contributed by atoms with Gasteiger partial charge in [-0.2, -0.15) is 0 Å². The van der Waals surface area contributed by atoms with Crippen LogP contribution < -0.4 is 0 Å². The van der Waals surface area contributed by atoms with Gasteiger partial charge >= 0.3 is 0 Å². The molecule has 0 aromatic carbocycles. The maximum Gasteiger partial charge on any atom is 0.147 e. The summed E-state index contributed by atoms with van der Waals surface area (Å²) in [6.07, 6.45) is 8.14. The van der Waals surface area contributed by atoms with Crippen molar-refractivity contribution in [1.29, 1.82) is 0 Å². The van der Waals surface area contributed by atoms with Gasteiger partial charge in [0.15, 0.2) is 0 Å². The predicted molar refractivity (Wildman–Crippen MR) is 64.2 cm³/mol. The standard InChI is InChI=1S/C12H19ClN2/c1-4-6-7-12(3,5-2)10-8-15-11(13)9-14-10/h8-9H,4-7H2,1-3H3. The molecule has 0 saturated carbocycles. The molecular weight excluding hydrogens is 208 g/mol. The van der Waals surface area contributed by atoms with Gasteiger partial charge in [0.1, 0.15) is 5.15 Å². The highest BCUT2D eigenvalue weighted by atomic mass is 35.5. The highest BCUT2D eigenvalue weighted by molar-refractivity contribution is 6.29. The zero-order valence-electron chi connectivity index (χ0n) is 9.76. The molecule has 2 nitrogen and oxygen atoms in total. The van der Waals surface area contributed by atoms with Crippen LogP contribution in [0.4, 0.5) is 0 Å². The predicted octanol–water partition coefficient (Wildman–Crippen LogP) is 3.99. The van der Waals surface area contributed by atoms with Crippen molar-refractivity contribution in [3.05, 3.63) is 23.2 Å². The first-order valence-electron chi connectivity index (χ1n) is 5.60. The Labute approximate surface area is 97.1 Å². The molecule has 0 amide bonds. The minimum atomic E-state index is 0.146. The third-order valence-electron chi connectivity index (χ3n) is 3.10. The lowest BCUT2D eigenvalue weighted by molar-refractivity contribution is 0.391. The van der Waals surface area contributed by atoms with Gasteiger partial charge in [0.25, 0.3) is 0 Å². The Morgan fingerprint density at radius 2 is 2.00 bits per heavy atom. The Kier molecular flexibility index (Phi) is 4.52. The van der Waals surface area contributed by atoms with Crippen molar-refractivity contribution in [3.63, 3.8) is 0 Å². The summed E-state index contributed by atoms with van der Waals surface area (Å²) < 4.78 is 0. The molecule has 0 N–H and O–H groups in total. The molecule has 0 spiro atoms. The Morgan fingerprint density at radius 1 is 1.27 bits per heavy atom. The molecule has 1 aromatic heterocycles. The Bertz CT molecular complexity index is 297. The molecule has 0 saturated heterocycles. The molecule has 3 heteroatoms. The molecule has 84 valence electrons. The summed E-state index contributed by atoms with van der Waals surface area (Å²) >= 11 is 5.74. The van der Waals surface area contributed by atoms with E-state index in [0.29, 0.717) is 5.15 Å². The number of unbranched alkanes of at least 4 members (excludes halogenated alkanes) is 1.